The number of imidazole rings is 1. The SMILES string of the molecule is Cc1c(-c2ccnn2-c2ccc(C#N)cc2)n(S(C)(=O)=O)c(=O)n1-c1cccc(C(F)(F)F)c1. The maximum Gasteiger partial charge on any atom is 0.416 e. The Morgan fingerprint density at radius 3 is 2.29 bits per heavy atom. The lowest BCUT2D eigenvalue weighted by Gasteiger charge is -2.11. The number of nitrogens with zero attached hydrogens (tertiary/aromatic N) is 5. The van der Waals surface area contributed by atoms with Gasteiger partial charge in [0.25, 0.3) is 0 Å². The van der Waals surface area contributed by atoms with Crippen LogP contribution in [0, 0.1) is 18.3 Å². The van der Waals surface area contributed by atoms with Crippen molar-refractivity contribution in [2.45, 2.75) is 13.1 Å². The summed E-state index contributed by atoms with van der Waals surface area (Å²) < 4.78 is 67.9. The summed E-state index contributed by atoms with van der Waals surface area (Å²) in [6, 6.07) is 13.8. The molecule has 0 aliphatic rings. The van der Waals surface area contributed by atoms with Crippen LogP contribution in [0.1, 0.15) is 16.8 Å². The number of hydrogen-bond donors (Lipinski definition) is 0. The highest BCUT2D eigenvalue weighted by molar-refractivity contribution is 7.89. The van der Waals surface area contributed by atoms with Crippen LogP contribution >= 0.6 is 0 Å². The molecule has 2 aromatic heterocycles. The fourth-order valence-corrected chi connectivity index (χ4v) is 4.59. The Labute approximate surface area is 191 Å². The molecule has 0 amide bonds. The molecule has 12 heteroatoms. The second-order valence-corrected chi connectivity index (χ2v) is 9.25. The summed E-state index contributed by atoms with van der Waals surface area (Å²) >= 11 is 0. The van der Waals surface area contributed by atoms with E-state index in [1.54, 1.807) is 24.3 Å². The first-order valence-electron chi connectivity index (χ1n) is 9.71. The summed E-state index contributed by atoms with van der Waals surface area (Å²) in [5, 5.41) is 13.2. The fraction of sp³-hybridized carbons (Fsp3) is 0.136. The topological polar surface area (TPSA) is 103 Å². The Morgan fingerprint density at radius 1 is 1.03 bits per heavy atom. The van der Waals surface area contributed by atoms with E-state index < -0.39 is 27.5 Å². The molecule has 0 aliphatic heterocycles. The summed E-state index contributed by atoms with van der Waals surface area (Å²) in [5.74, 6) is 0. The largest absolute Gasteiger partial charge is 0.416 e. The monoisotopic (exact) mass is 487 g/mol. The fourth-order valence-electron chi connectivity index (χ4n) is 3.67. The maximum absolute atomic E-state index is 13.3. The van der Waals surface area contributed by atoms with Gasteiger partial charge in [0, 0.05) is 0 Å². The highest BCUT2D eigenvalue weighted by atomic mass is 32.2. The van der Waals surface area contributed by atoms with Gasteiger partial charge in [0.15, 0.2) is 0 Å². The number of rotatable bonds is 4. The highest BCUT2D eigenvalue weighted by Gasteiger charge is 2.32. The third-order valence-corrected chi connectivity index (χ3v) is 6.14. The predicted molar refractivity (Wildman–Crippen MR) is 117 cm³/mol. The van der Waals surface area contributed by atoms with Gasteiger partial charge in [-0.15, -0.1) is 0 Å². The smallest absolute Gasteiger partial charge is 0.264 e. The highest BCUT2D eigenvalue weighted by Crippen LogP contribution is 2.32. The first-order valence-corrected chi connectivity index (χ1v) is 11.6. The van der Waals surface area contributed by atoms with Crippen LogP contribution in [0.2, 0.25) is 0 Å². The zero-order chi connectivity index (χ0) is 24.8. The van der Waals surface area contributed by atoms with E-state index in [1.165, 1.54) is 29.9 Å². The number of halogens is 3. The van der Waals surface area contributed by atoms with Gasteiger partial charge in [0.2, 0.25) is 10.0 Å². The van der Waals surface area contributed by atoms with Crippen molar-refractivity contribution in [2.75, 3.05) is 6.26 Å². The van der Waals surface area contributed by atoms with Gasteiger partial charge in [-0.05, 0) is 55.5 Å². The minimum atomic E-state index is -4.65. The van der Waals surface area contributed by atoms with Gasteiger partial charge in [-0.1, -0.05) is 6.07 Å². The van der Waals surface area contributed by atoms with E-state index in [9.17, 15) is 26.4 Å². The van der Waals surface area contributed by atoms with Gasteiger partial charge in [-0.3, -0.25) is 4.57 Å². The molecule has 0 bridgehead atoms. The number of alkyl halides is 3. The molecule has 174 valence electrons. The van der Waals surface area contributed by atoms with Crippen molar-refractivity contribution < 1.29 is 21.6 Å². The van der Waals surface area contributed by atoms with E-state index in [4.69, 9.17) is 5.26 Å². The molecule has 34 heavy (non-hydrogen) atoms. The lowest BCUT2D eigenvalue weighted by Crippen LogP contribution is -2.29. The molecule has 0 spiro atoms. The molecule has 4 aromatic rings. The van der Waals surface area contributed by atoms with E-state index in [1.807, 2.05) is 6.07 Å². The number of hydrogen-bond acceptors (Lipinski definition) is 5. The minimum Gasteiger partial charge on any atom is -0.264 e. The van der Waals surface area contributed by atoms with Crippen molar-refractivity contribution in [1.29, 1.82) is 5.26 Å². The second kappa shape index (κ2) is 8.03. The molecular weight excluding hydrogens is 471 g/mol. The summed E-state index contributed by atoms with van der Waals surface area (Å²) in [6.45, 7) is 1.44. The van der Waals surface area contributed by atoms with Crippen LogP contribution in [0.15, 0.2) is 65.6 Å². The Hall–Kier alpha value is -4.11. The molecule has 0 N–H and O–H groups in total. The Balaban J connectivity index is 2.01. The van der Waals surface area contributed by atoms with Crippen LogP contribution in [-0.2, 0) is 16.2 Å². The van der Waals surface area contributed by atoms with Crippen molar-refractivity contribution in [3.8, 4) is 28.8 Å². The van der Waals surface area contributed by atoms with Crippen molar-refractivity contribution in [3.63, 3.8) is 0 Å². The number of aromatic nitrogens is 4. The van der Waals surface area contributed by atoms with Gasteiger partial charge in [0.1, 0.15) is 5.69 Å². The maximum atomic E-state index is 13.3. The van der Waals surface area contributed by atoms with Gasteiger partial charge in [-0.25, -0.2) is 17.9 Å². The van der Waals surface area contributed by atoms with Crippen molar-refractivity contribution >= 4 is 10.0 Å². The average Bonchev–Trinajstić information content (AvgIpc) is 3.35. The molecule has 8 nitrogen and oxygen atoms in total. The second-order valence-electron chi connectivity index (χ2n) is 7.41. The minimum absolute atomic E-state index is 0.0493. The van der Waals surface area contributed by atoms with Crippen LogP contribution in [0.4, 0.5) is 13.2 Å². The quantitative estimate of drug-likeness (QED) is 0.439. The molecule has 2 heterocycles. The van der Waals surface area contributed by atoms with E-state index in [0.717, 1.165) is 29.0 Å². The molecule has 0 fully saturated rings. The van der Waals surface area contributed by atoms with E-state index in [0.29, 0.717) is 15.2 Å². The molecule has 0 unspecified atom stereocenters. The lowest BCUT2D eigenvalue weighted by atomic mass is 10.2. The molecule has 0 saturated heterocycles. The molecule has 0 radical (unpaired) electrons. The van der Waals surface area contributed by atoms with E-state index in [2.05, 4.69) is 5.10 Å². The van der Waals surface area contributed by atoms with Gasteiger partial charge >= 0.3 is 11.9 Å². The Morgan fingerprint density at radius 2 is 1.71 bits per heavy atom. The summed E-state index contributed by atoms with van der Waals surface area (Å²) in [6.07, 6.45) is -2.42. The zero-order valence-electron chi connectivity index (χ0n) is 17.8. The third kappa shape index (κ3) is 3.90. The van der Waals surface area contributed by atoms with Crippen LogP contribution in [0.25, 0.3) is 22.8 Å². The normalized spacial score (nSPS) is 12.0. The lowest BCUT2D eigenvalue weighted by molar-refractivity contribution is -0.137. The van der Waals surface area contributed by atoms with Crippen molar-refractivity contribution in [3.05, 3.63) is 88.1 Å². The first kappa shape index (κ1) is 23.1. The van der Waals surface area contributed by atoms with Crippen LogP contribution in [0.5, 0.6) is 0 Å². The van der Waals surface area contributed by atoms with Crippen LogP contribution < -0.4 is 5.69 Å². The van der Waals surface area contributed by atoms with Gasteiger partial charge < -0.3 is 0 Å². The number of benzene rings is 2. The molecular formula is C22H16F3N5O3S. The van der Waals surface area contributed by atoms with Crippen molar-refractivity contribution in [1.82, 2.24) is 18.3 Å². The third-order valence-electron chi connectivity index (χ3n) is 5.14. The Bertz CT molecular complexity index is 1610. The number of nitriles is 1. The zero-order valence-corrected chi connectivity index (χ0v) is 18.6. The Kier molecular flexibility index (Phi) is 5.45. The van der Waals surface area contributed by atoms with Crippen molar-refractivity contribution in [2.24, 2.45) is 0 Å². The van der Waals surface area contributed by atoms with Gasteiger partial charge in [-0.2, -0.15) is 27.5 Å². The first-order chi connectivity index (χ1) is 15.9. The molecule has 4 rings (SSSR count). The summed E-state index contributed by atoms with van der Waals surface area (Å²) in [5.41, 5.74) is -0.998. The standard InChI is InChI=1S/C22H16F3N5O3S/c1-14-20(19-10-11-27-29(19)17-8-6-15(13-26)7-9-17)30(34(2,32)33)21(31)28(14)18-5-3-4-16(12-18)22(23,24)25/h3-12H,1-2H3. The molecule has 0 aliphatic carbocycles. The average molecular weight is 487 g/mol. The molecule has 2 aromatic carbocycles. The van der Waals surface area contributed by atoms with Crippen LogP contribution in [0.3, 0.4) is 0 Å². The molecule has 0 atom stereocenters. The van der Waals surface area contributed by atoms with E-state index >= 15 is 0 Å². The predicted octanol–water partition coefficient (Wildman–Crippen LogP) is 3.50. The van der Waals surface area contributed by atoms with Gasteiger partial charge in [0.05, 0.1) is 52.4 Å². The van der Waals surface area contributed by atoms with E-state index in [-0.39, 0.29) is 22.8 Å². The summed E-state index contributed by atoms with van der Waals surface area (Å²) in [7, 11) is -4.17. The summed E-state index contributed by atoms with van der Waals surface area (Å²) in [4.78, 5) is 13.2. The van der Waals surface area contributed by atoms with Crippen LogP contribution in [-0.4, -0.2) is 33.0 Å². The molecule has 0 saturated carbocycles.